The molecule has 0 radical (unpaired) electrons. The van der Waals surface area contributed by atoms with Gasteiger partial charge in [-0.05, 0) is 121 Å². The van der Waals surface area contributed by atoms with Gasteiger partial charge in [-0.15, -0.1) is 0 Å². The molecule has 0 aliphatic rings. The molecular formula is C51H39F12N5O11S4. The number of nitrogens with one attached hydrogen (secondary N) is 3. The molecule has 0 bridgehead atoms. The Kier molecular flexibility index (Phi) is 19.3. The van der Waals surface area contributed by atoms with Crippen LogP contribution in [-0.4, -0.2) is 72.0 Å². The second-order valence-corrected chi connectivity index (χ2v) is 24.5. The van der Waals surface area contributed by atoms with Gasteiger partial charge in [-0.3, -0.25) is 19.6 Å². The molecule has 0 amide bonds. The molecule has 0 unspecified atom stereocenters. The lowest BCUT2D eigenvalue weighted by Crippen LogP contribution is -2.36. The molecule has 7 aromatic carbocycles. The van der Waals surface area contributed by atoms with E-state index in [1.54, 1.807) is 30.5 Å². The van der Waals surface area contributed by atoms with Crippen molar-refractivity contribution in [3.63, 3.8) is 0 Å². The number of hydrogen-bond donors (Lipinski definition) is 3. The molecule has 0 aliphatic carbocycles. The van der Waals surface area contributed by atoms with E-state index in [4.69, 9.17) is 4.42 Å². The highest BCUT2D eigenvalue weighted by atomic mass is 32.2. The maximum absolute atomic E-state index is 13.3. The van der Waals surface area contributed by atoms with E-state index in [1.165, 1.54) is 45.8 Å². The van der Waals surface area contributed by atoms with Crippen LogP contribution in [0.1, 0.15) is 16.7 Å². The summed E-state index contributed by atoms with van der Waals surface area (Å²) in [6.07, 6.45) is -2.12. The number of anilines is 4. The Morgan fingerprint density at radius 3 is 1.51 bits per heavy atom. The standard InChI is InChI=1S/C20H13F2NO3S.C16H14F6N2O4S2.C15H12F4N2O4S/c21-20(22)27(24,25)17-9-7-14(8-10-17)19-23-12-18(26-19)16-6-5-13-3-1-2-4-15(13)11-16;17-15(18,19)29(25,26)23-13-7-3-11(4-8-13)1-2-12-5-9-14(10-6-12)24-30(27,28)16(20,21)22;1-9-2-4-10(5-3-9)20-12-7-6-11(8-13(12)21(22)23)26(24,25)15(18,19)14(16)17/h1-12,20H;3-10,23-24H,1-2H2;2-8,14,20H,1H3. The molecule has 1 aromatic heterocycles. The smallest absolute Gasteiger partial charge is 0.436 e. The summed E-state index contributed by atoms with van der Waals surface area (Å²) in [5.74, 6) is -2.62. The third-order valence-electron chi connectivity index (χ3n) is 11.3. The second kappa shape index (κ2) is 25.1. The number of aromatic nitrogens is 1. The number of fused-ring (bicyclic) bond motifs is 1. The molecule has 0 atom stereocenters. The number of aryl methyl sites for hydroxylation is 3. The largest absolute Gasteiger partial charge is 0.516 e. The number of sulfonamides is 2. The molecule has 0 spiro atoms. The van der Waals surface area contributed by atoms with Crippen LogP contribution in [0.2, 0.25) is 0 Å². The van der Waals surface area contributed by atoms with Crippen LogP contribution in [0.4, 0.5) is 81.1 Å². The molecular weight excluding hydrogens is 1210 g/mol. The molecule has 3 N–H and O–H groups in total. The minimum Gasteiger partial charge on any atom is -0.436 e. The van der Waals surface area contributed by atoms with Gasteiger partial charge < -0.3 is 9.73 Å². The number of nitrogens with zero attached hydrogens (tertiary/aromatic N) is 2. The number of nitro groups is 1. The summed E-state index contributed by atoms with van der Waals surface area (Å²) in [4.78, 5) is 12.6. The number of rotatable bonds is 17. The summed E-state index contributed by atoms with van der Waals surface area (Å²) in [5.41, 5.74) is -8.44. The summed E-state index contributed by atoms with van der Waals surface area (Å²) < 4.78 is 250. The maximum Gasteiger partial charge on any atom is 0.516 e. The lowest BCUT2D eigenvalue weighted by Gasteiger charge is -2.16. The highest BCUT2D eigenvalue weighted by Gasteiger charge is 2.55. The van der Waals surface area contributed by atoms with E-state index in [9.17, 15) is 96.5 Å². The predicted octanol–water partition coefficient (Wildman–Crippen LogP) is 13.4. The van der Waals surface area contributed by atoms with Crippen molar-refractivity contribution >= 4 is 78.9 Å². The van der Waals surface area contributed by atoms with E-state index in [-0.39, 0.29) is 23.0 Å². The fraction of sp³-hybridized carbons (Fsp3) is 0.157. The molecule has 0 saturated heterocycles. The van der Waals surface area contributed by atoms with Crippen molar-refractivity contribution in [1.82, 2.24) is 4.98 Å². The Balaban J connectivity index is 0.000000200. The fourth-order valence-corrected chi connectivity index (χ4v) is 9.88. The van der Waals surface area contributed by atoms with Crippen molar-refractivity contribution in [3.8, 4) is 22.8 Å². The first kappa shape index (κ1) is 63.9. The lowest BCUT2D eigenvalue weighted by atomic mass is 10.0. The lowest BCUT2D eigenvalue weighted by molar-refractivity contribution is -0.384. The van der Waals surface area contributed by atoms with Crippen LogP contribution in [0.15, 0.2) is 178 Å². The van der Waals surface area contributed by atoms with Gasteiger partial charge in [0.25, 0.3) is 5.69 Å². The number of alkyl halides is 12. The molecule has 442 valence electrons. The topological polar surface area (TPSA) is 242 Å². The Bertz CT molecular complexity index is 3970. The average Bonchev–Trinajstić information content (AvgIpc) is 3.98. The van der Waals surface area contributed by atoms with Gasteiger partial charge in [0.2, 0.25) is 25.6 Å². The number of hydrogen-bond acceptors (Lipinski definition) is 13. The van der Waals surface area contributed by atoms with Crippen LogP contribution < -0.4 is 14.8 Å². The molecule has 1 heterocycles. The Morgan fingerprint density at radius 1 is 0.566 bits per heavy atom. The summed E-state index contributed by atoms with van der Waals surface area (Å²) >= 11 is 0. The van der Waals surface area contributed by atoms with Crippen LogP contribution >= 0.6 is 0 Å². The van der Waals surface area contributed by atoms with E-state index in [0.29, 0.717) is 53.1 Å². The van der Waals surface area contributed by atoms with E-state index >= 15 is 0 Å². The van der Waals surface area contributed by atoms with Gasteiger partial charge in [-0.2, -0.15) is 60.7 Å². The van der Waals surface area contributed by atoms with Gasteiger partial charge >= 0.3 is 48.5 Å². The zero-order valence-electron chi connectivity index (χ0n) is 41.7. The highest BCUT2D eigenvalue weighted by molar-refractivity contribution is 7.94. The molecule has 0 fully saturated rings. The van der Waals surface area contributed by atoms with E-state index in [2.05, 4.69) is 10.3 Å². The maximum atomic E-state index is 13.3. The second-order valence-electron chi connectivity index (χ2n) is 17.2. The van der Waals surface area contributed by atoms with Crippen molar-refractivity contribution in [2.24, 2.45) is 0 Å². The van der Waals surface area contributed by atoms with Gasteiger partial charge in [0.15, 0.2) is 5.76 Å². The first-order valence-electron chi connectivity index (χ1n) is 23.0. The van der Waals surface area contributed by atoms with E-state index in [1.807, 2.05) is 49.4 Å². The molecule has 0 saturated carbocycles. The number of oxazole rings is 1. The monoisotopic (exact) mass is 1250 g/mol. The minimum atomic E-state index is -5.80. The zero-order chi connectivity index (χ0) is 61.5. The molecule has 32 heteroatoms. The quantitative estimate of drug-likeness (QED) is 0.0437. The SMILES string of the molecule is Cc1ccc(Nc2ccc(S(=O)(=O)C(F)(F)C(F)F)cc2[N+](=O)[O-])cc1.O=S(=O)(Nc1ccc(CCc2ccc(NS(=O)(=O)C(F)(F)F)cc2)cc1)C(F)(F)F.O=S(=O)(c1ccc(-c2ncc(-c3ccc4ccccc4c3)o2)cc1)C(F)F. The van der Waals surface area contributed by atoms with E-state index in [0.717, 1.165) is 64.4 Å². The number of benzene rings is 7. The average molecular weight is 1250 g/mol. The van der Waals surface area contributed by atoms with E-state index < -0.39 is 88.6 Å². The van der Waals surface area contributed by atoms with Gasteiger partial charge in [0.1, 0.15) is 5.69 Å². The normalized spacial score (nSPS) is 12.5. The minimum absolute atomic E-state index is 0.182. The first-order chi connectivity index (χ1) is 38.5. The molecule has 16 nitrogen and oxygen atoms in total. The predicted molar refractivity (Wildman–Crippen MR) is 281 cm³/mol. The Morgan fingerprint density at radius 2 is 1.04 bits per heavy atom. The van der Waals surface area contributed by atoms with Crippen molar-refractivity contribution in [2.75, 3.05) is 14.8 Å². The van der Waals surface area contributed by atoms with Crippen LogP contribution in [0.5, 0.6) is 0 Å². The third kappa shape index (κ3) is 15.7. The van der Waals surface area contributed by atoms with Crippen molar-refractivity contribution < 1.29 is 95.7 Å². The summed E-state index contributed by atoms with van der Waals surface area (Å²) in [6, 6.07) is 37.5. The Hall–Kier alpha value is -8.23. The fourth-order valence-electron chi connectivity index (χ4n) is 6.97. The zero-order valence-corrected chi connectivity index (χ0v) is 45.0. The van der Waals surface area contributed by atoms with Crippen molar-refractivity contribution in [1.29, 1.82) is 0 Å². The van der Waals surface area contributed by atoms with Gasteiger partial charge in [-0.25, -0.2) is 30.6 Å². The first-order valence-corrected chi connectivity index (χ1v) is 29.0. The summed E-state index contributed by atoms with van der Waals surface area (Å²) in [7, 11) is -21.5. The number of halogens is 12. The molecule has 83 heavy (non-hydrogen) atoms. The highest BCUT2D eigenvalue weighted by Crippen LogP contribution is 2.39. The van der Waals surface area contributed by atoms with Crippen LogP contribution in [0, 0.1) is 17.0 Å². The van der Waals surface area contributed by atoms with Crippen LogP contribution in [0.25, 0.3) is 33.6 Å². The Labute approximate surface area is 463 Å². The summed E-state index contributed by atoms with van der Waals surface area (Å²) in [6.45, 7) is 1.81. The van der Waals surface area contributed by atoms with Gasteiger partial charge in [0.05, 0.1) is 20.9 Å². The van der Waals surface area contributed by atoms with Gasteiger partial charge in [-0.1, -0.05) is 78.4 Å². The number of sulfone groups is 2. The molecule has 8 rings (SSSR count). The molecule has 8 aromatic rings. The van der Waals surface area contributed by atoms with Gasteiger partial charge in [0, 0.05) is 34.3 Å². The number of nitro benzene ring substituents is 1. The molecule has 0 aliphatic heterocycles. The van der Waals surface area contributed by atoms with Crippen molar-refractivity contribution in [2.45, 2.75) is 58.0 Å². The summed E-state index contributed by atoms with van der Waals surface area (Å²) in [5, 5.41) is 10.6. The van der Waals surface area contributed by atoms with Crippen LogP contribution in [0.3, 0.4) is 0 Å². The van der Waals surface area contributed by atoms with Crippen molar-refractivity contribution in [3.05, 3.63) is 191 Å². The van der Waals surface area contributed by atoms with Crippen LogP contribution in [-0.2, 0) is 52.6 Å². The third-order valence-corrected chi connectivity index (χ3v) is 16.7.